The third-order valence-corrected chi connectivity index (χ3v) is 5.06. The largest absolute Gasteiger partial charge is 0.353 e. The fraction of sp³-hybridized carbons (Fsp3) is 0.316. The molecule has 28 heavy (non-hydrogen) atoms. The van der Waals surface area contributed by atoms with Crippen molar-refractivity contribution >= 4 is 28.7 Å². The molecule has 0 bridgehead atoms. The molecule has 0 fully saturated rings. The van der Waals surface area contributed by atoms with Crippen molar-refractivity contribution in [2.75, 3.05) is 5.75 Å². The Hall–Kier alpha value is -2.94. The first kappa shape index (κ1) is 19.8. The molecular formula is C19H21N5O3S. The Morgan fingerprint density at radius 3 is 2.43 bits per heavy atom. The number of hydrogen-bond donors (Lipinski definition) is 1. The Morgan fingerprint density at radius 2 is 1.79 bits per heavy atom. The van der Waals surface area contributed by atoms with Gasteiger partial charge < -0.3 is 5.32 Å². The lowest BCUT2D eigenvalue weighted by Gasteiger charge is -2.12. The van der Waals surface area contributed by atoms with Gasteiger partial charge in [-0.1, -0.05) is 42.1 Å². The maximum Gasteiger partial charge on any atom is 0.332 e. The Balaban J connectivity index is 2.20. The molecule has 0 unspecified atom stereocenters. The Kier molecular flexibility index (Phi) is 5.64. The molecule has 0 saturated carbocycles. The number of amides is 1. The highest BCUT2D eigenvalue weighted by atomic mass is 32.2. The second kappa shape index (κ2) is 7.97. The van der Waals surface area contributed by atoms with E-state index >= 15 is 0 Å². The van der Waals surface area contributed by atoms with Crippen LogP contribution in [-0.4, -0.2) is 36.8 Å². The van der Waals surface area contributed by atoms with Crippen LogP contribution in [0.2, 0.25) is 0 Å². The molecule has 0 aliphatic rings. The summed E-state index contributed by atoms with van der Waals surface area (Å²) in [5.41, 5.74) is 0.0490. The van der Waals surface area contributed by atoms with Gasteiger partial charge in [0.25, 0.3) is 5.56 Å². The van der Waals surface area contributed by atoms with E-state index in [1.54, 1.807) is 7.05 Å². The molecule has 2 heterocycles. The predicted octanol–water partition coefficient (Wildman–Crippen LogP) is 1.31. The molecule has 8 nitrogen and oxygen atoms in total. The molecule has 1 N–H and O–H groups in total. The third kappa shape index (κ3) is 3.84. The quantitative estimate of drug-likeness (QED) is 0.513. The molecule has 2 aromatic heterocycles. The van der Waals surface area contributed by atoms with Crippen LogP contribution in [0.4, 0.5) is 0 Å². The van der Waals surface area contributed by atoms with Crippen LogP contribution in [0.1, 0.15) is 13.8 Å². The monoisotopic (exact) mass is 399 g/mol. The lowest BCUT2D eigenvalue weighted by Crippen LogP contribution is -2.38. The predicted molar refractivity (Wildman–Crippen MR) is 109 cm³/mol. The van der Waals surface area contributed by atoms with E-state index in [-0.39, 0.29) is 28.7 Å². The van der Waals surface area contributed by atoms with Crippen molar-refractivity contribution in [1.82, 2.24) is 24.4 Å². The molecule has 146 valence electrons. The maximum atomic E-state index is 12.7. The van der Waals surface area contributed by atoms with Crippen LogP contribution in [0, 0.1) is 0 Å². The number of rotatable bonds is 5. The van der Waals surface area contributed by atoms with Gasteiger partial charge in [0.1, 0.15) is 10.4 Å². The molecule has 0 radical (unpaired) electrons. The smallest absolute Gasteiger partial charge is 0.332 e. The van der Waals surface area contributed by atoms with Gasteiger partial charge in [0.15, 0.2) is 11.5 Å². The van der Waals surface area contributed by atoms with Gasteiger partial charge in [-0.3, -0.25) is 18.7 Å². The van der Waals surface area contributed by atoms with Crippen LogP contribution >= 0.6 is 11.8 Å². The molecule has 1 amide bonds. The zero-order valence-corrected chi connectivity index (χ0v) is 16.9. The number of hydrogen-bond acceptors (Lipinski definition) is 6. The summed E-state index contributed by atoms with van der Waals surface area (Å²) in [4.78, 5) is 46.2. The Morgan fingerprint density at radius 1 is 1.11 bits per heavy atom. The summed E-state index contributed by atoms with van der Waals surface area (Å²) < 4.78 is 2.34. The summed E-state index contributed by atoms with van der Waals surface area (Å²) in [6, 6.07) is 9.30. The minimum absolute atomic E-state index is 0.0174. The maximum absolute atomic E-state index is 12.7. The number of aromatic nitrogens is 4. The first-order valence-corrected chi connectivity index (χ1v) is 9.73. The summed E-state index contributed by atoms with van der Waals surface area (Å²) in [5, 5.41) is 3.41. The molecule has 0 saturated heterocycles. The molecule has 9 heteroatoms. The van der Waals surface area contributed by atoms with Crippen molar-refractivity contribution < 1.29 is 4.79 Å². The van der Waals surface area contributed by atoms with Gasteiger partial charge >= 0.3 is 5.69 Å². The van der Waals surface area contributed by atoms with Gasteiger partial charge in [-0.05, 0) is 13.8 Å². The van der Waals surface area contributed by atoms with E-state index in [1.807, 2.05) is 44.2 Å². The number of carbonyl (C=O) groups is 1. The summed E-state index contributed by atoms with van der Waals surface area (Å²) in [7, 11) is 2.97. The summed E-state index contributed by atoms with van der Waals surface area (Å²) in [6.45, 7) is 3.75. The minimum Gasteiger partial charge on any atom is -0.353 e. The summed E-state index contributed by atoms with van der Waals surface area (Å²) >= 11 is 1.15. The number of nitrogens with one attached hydrogen (secondary N) is 1. The zero-order chi connectivity index (χ0) is 20.4. The van der Waals surface area contributed by atoms with Crippen molar-refractivity contribution in [3.8, 4) is 11.4 Å². The first-order valence-electron chi connectivity index (χ1n) is 8.75. The molecule has 0 atom stereocenters. The highest BCUT2D eigenvalue weighted by Gasteiger charge is 2.19. The van der Waals surface area contributed by atoms with Crippen molar-refractivity contribution in [3.63, 3.8) is 0 Å². The molecular weight excluding hydrogens is 378 g/mol. The number of benzene rings is 1. The van der Waals surface area contributed by atoms with Gasteiger partial charge in [-0.2, -0.15) is 0 Å². The number of carbonyl (C=O) groups excluding carboxylic acids is 1. The van der Waals surface area contributed by atoms with Crippen molar-refractivity contribution in [2.45, 2.75) is 24.9 Å². The van der Waals surface area contributed by atoms with Gasteiger partial charge in [0, 0.05) is 25.7 Å². The fourth-order valence-corrected chi connectivity index (χ4v) is 3.57. The van der Waals surface area contributed by atoms with E-state index in [1.165, 1.54) is 11.6 Å². The van der Waals surface area contributed by atoms with Gasteiger partial charge in [-0.25, -0.2) is 14.8 Å². The Bertz CT molecular complexity index is 1150. The Labute approximate surface area is 165 Å². The van der Waals surface area contributed by atoms with Crippen molar-refractivity contribution in [2.24, 2.45) is 14.1 Å². The average molecular weight is 399 g/mol. The zero-order valence-electron chi connectivity index (χ0n) is 16.1. The normalized spacial score (nSPS) is 11.2. The van der Waals surface area contributed by atoms with Crippen LogP contribution in [0.3, 0.4) is 0 Å². The van der Waals surface area contributed by atoms with E-state index in [0.717, 1.165) is 21.9 Å². The number of nitrogens with zero attached hydrogens (tertiary/aromatic N) is 4. The second-order valence-electron chi connectivity index (χ2n) is 6.63. The van der Waals surface area contributed by atoms with Gasteiger partial charge in [0.2, 0.25) is 5.91 Å². The highest BCUT2D eigenvalue weighted by Crippen LogP contribution is 2.25. The summed E-state index contributed by atoms with van der Waals surface area (Å²) in [6.07, 6.45) is 0. The number of fused-ring (bicyclic) bond motifs is 1. The van der Waals surface area contributed by atoms with E-state index < -0.39 is 11.2 Å². The average Bonchev–Trinajstić information content (AvgIpc) is 2.68. The molecule has 0 aliphatic heterocycles. The minimum atomic E-state index is -0.482. The SMILES string of the molecule is CC(C)NC(=O)CSc1nc(-c2ccccc2)nc2c1c(=O)n(C)c(=O)n2C. The van der Waals surface area contributed by atoms with Crippen LogP contribution in [0.15, 0.2) is 44.9 Å². The van der Waals surface area contributed by atoms with Crippen molar-refractivity contribution in [3.05, 3.63) is 51.2 Å². The van der Waals surface area contributed by atoms with Crippen molar-refractivity contribution in [1.29, 1.82) is 0 Å². The molecule has 3 aromatic rings. The van der Waals surface area contributed by atoms with Crippen LogP contribution in [0.5, 0.6) is 0 Å². The molecule has 1 aromatic carbocycles. The summed E-state index contributed by atoms with van der Waals surface area (Å²) in [5.74, 6) is 0.336. The van der Waals surface area contributed by atoms with Gasteiger partial charge in [-0.15, -0.1) is 0 Å². The number of thioether (sulfide) groups is 1. The van der Waals surface area contributed by atoms with E-state index in [4.69, 9.17) is 0 Å². The molecule has 3 rings (SSSR count). The van der Waals surface area contributed by atoms with Crippen LogP contribution < -0.4 is 16.6 Å². The molecule has 0 aliphatic carbocycles. The van der Waals surface area contributed by atoms with Crippen LogP contribution in [0.25, 0.3) is 22.4 Å². The lowest BCUT2D eigenvalue weighted by atomic mass is 10.2. The van der Waals surface area contributed by atoms with Gasteiger partial charge in [0.05, 0.1) is 5.75 Å². The first-order chi connectivity index (χ1) is 13.3. The lowest BCUT2D eigenvalue weighted by molar-refractivity contribution is -0.119. The highest BCUT2D eigenvalue weighted by molar-refractivity contribution is 8.00. The third-order valence-electron chi connectivity index (χ3n) is 4.09. The topological polar surface area (TPSA) is 98.9 Å². The van der Waals surface area contributed by atoms with E-state index in [9.17, 15) is 14.4 Å². The van der Waals surface area contributed by atoms with Crippen LogP contribution in [-0.2, 0) is 18.9 Å². The number of aryl methyl sites for hydroxylation is 1. The van der Waals surface area contributed by atoms with E-state index in [2.05, 4.69) is 15.3 Å². The molecule has 0 spiro atoms. The fourth-order valence-electron chi connectivity index (χ4n) is 2.75. The second-order valence-corrected chi connectivity index (χ2v) is 7.60. The standard InChI is InChI=1S/C19H21N5O3S/c1-11(2)20-13(25)10-28-17-14-16(23(3)19(27)24(4)18(14)26)21-15(22-17)12-8-6-5-7-9-12/h5-9,11H,10H2,1-4H3,(H,20,25). The van der Waals surface area contributed by atoms with E-state index in [0.29, 0.717) is 10.9 Å².